The van der Waals surface area contributed by atoms with Crippen molar-refractivity contribution in [2.24, 2.45) is 0 Å². The van der Waals surface area contributed by atoms with Gasteiger partial charge in [-0.3, -0.25) is 4.79 Å². The van der Waals surface area contributed by atoms with Crippen molar-refractivity contribution >= 4 is 11.6 Å². The van der Waals surface area contributed by atoms with Crippen LogP contribution >= 0.6 is 0 Å². The summed E-state index contributed by atoms with van der Waals surface area (Å²) in [4.78, 5) is 14.0. The normalized spacial score (nSPS) is 10.5. The van der Waals surface area contributed by atoms with Gasteiger partial charge in [0.15, 0.2) is 0 Å². The van der Waals surface area contributed by atoms with Crippen LogP contribution in [0.15, 0.2) is 48.8 Å². The van der Waals surface area contributed by atoms with Gasteiger partial charge in [0.25, 0.3) is 5.91 Å². The molecule has 1 heterocycles. The van der Waals surface area contributed by atoms with Gasteiger partial charge in [0.2, 0.25) is 0 Å². The van der Waals surface area contributed by atoms with E-state index in [9.17, 15) is 9.18 Å². The molecule has 3 aromatic rings. The first-order chi connectivity index (χ1) is 12.0. The number of aromatic nitrogens is 4. The number of carbonyl (C=O) groups is 1. The molecule has 8 heteroatoms. The fourth-order valence-electron chi connectivity index (χ4n) is 2.38. The number of rotatable bonds is 5. The molecule has 0 aliphatic carbocycles. The zero-order chi connectivity index (χ0) is 17.8. The molecule has 2 aromatic carbocycles. The number of tetrazole rings is 1. The molecule has 1 N–H and O–H groups in total. The molecule has 0 bridgehead atoms. The third-order valence-electron chi connectivity index (χ3n) is 3.67. The van der Waals surface area contributed by atoms with Crippen molar-refractivity contribution in [1.29, 1.82) is 0 Å². The van der Waals surface area contributed by atoms with Crippen molar-refractivity contribution in [2.75, 3.05) is 19.0 Å². The standard InChI is InChI=1S/C17H17FN6O/c1-23(2)16-7-6-12(8-15(16)18)10-19-17(25)13-4-3-5-14(9-13)24-11-20-21-22-24/h3-9,11H,10H2,1-2H3,(H,19,25). The first kappa shape index (κ1) is 16.6. The van der Waals surface area contributed by atoms with Gasteiger partial charge in [-0.2, -0.15) is 0 Å². The minimum atomic E-state index is -0.322. The van der Waals surface area contributed by atoms with Crippen molar-refractivity contribution in [3.63, 3.8) is 0 Å². The van der Waals surface area contributed by atoms with Crippen molar-refractivity contribution in [2.45, 2.75) is 6.54 Å². The Kier molecular flexibility index (Phi) is 4.69. The van der Waals surface area contributed by atoms with E-state index in [1.807, 2.05) is 0 Å². The molecular formula is C17H17FN6O. The van der Waals surface area contributed by atoms with Crippen LogP contribution in [0.3, 0.4) is 0 Å². The van der Waals surface area contributed by atoms with Gasteiger partial charge >= 0.3 is 0 Å². The van der Waals surface area contributed by atoms with E-state index in [2.05, 4.69) is 20.8 Å². The molecule has 0 aliphatic rings. The van der Waals surface area contributed by atoms with Crippen LogP contribution in [0.5, 0.6) is 0 Å². The Balaban J connectivity index is 1.69. The van der Waals surface area contributed by atoms with Gasteiger partial charge in [0, 0.05) is 26.2 Å². The van der Waals surface area contributed by atoms with E-state index in [-0.39, 0.29) is 18.3 Å². The van der Waals surface area contributed by atoms with E-state index in [0.717, 1.165) is 0 Å². The number of halogens is 1. The molecule has 0 radical (unpaired) electrons. The van der Waals surface area contributed by atoms with Crippen LogP contribution in [0, 0.1) is 5.82 Å². The molecule has 128 valence electrons. The average Bonchev–Trinajstić information content (AvgIpc) is 3.14. The Morgan fingerprint density at radius 2 is 2.08 bits per heavy atom. The van der Waals surface area contributed by atoms with Gasteiger partial charge in [0.05, 0.1) is 11.4 Å². The highest BCUT2D eigenvalue weighted by Crippen LogP contribution is 2.18. The van der Waals surface area contributed by atoms with Crippen molar-refractivity contribution in [3.05, 3.63) is 65.7 Å². The predicted octanol–water partition coefficient (Wildman–Crippen LogP) is 1.80. The maximum atomic E-state index is 14.0. The molecular weight excluding hydrogens is 323 g/mol. The molecule has 7 nitrogen and oxygen atoms in total. The molecule has 25 heavy (non-hydrogen) atoms. The SMILES string of the molecule is CN(C)c1ccc(CNC(=O)c2cccc(-n3cnnn3)c2)cc1F. The van der Waals surface area contributed by atoms with Crippen molar-refractivity contribution in [1.82, 2.24) is 25.5 Å². The van der Waals surface area contributed by atoms with Crippen LogP contribution in [0.2, 0.25) is 0 Å². The smallest absolute Gasteiger partial charge is 0.251 e. The van der Waals surface area contributed by atoms with Gasteiger partial charge in [-0.05, 0) is 46.3 Å². The quantitative estimate of drug-likeness (QED) is 0.766. The van der Waals surface area contributed by atoms with E-state index in [1.165, 1.54) is 17.1 Å². The van der Waals surface area contributed by atoms with E-state index in [4.69, 9.17) is 0 Å². The van der Waals surface area contributed by atoms with E-state index >= 15 is 0 Å². The highest BCUT2D eigenvalue weighted by molar-refractivity contribution is 5.94. The summed E-state index contributed by atoms with van der Waals surface area (Å²) < 4.78 is 15.4. The van der Waals surface area contributed by atoms with Gasteiger partial charge in [-0.15, -0.1) is 5.10 Å². The topological polar surface area (TPSA) is 75.9 Å². The summed E-state index contributed by atoms with van der Waals surface area (Å²) in [5.74, 6) is -0.579. The van der Waals surface area contributed by atoms with Gasteiger partial charge in [0.1, 0.15) is 12.1 Å². The lowest BCUT2D eigenvalue weighted by Crippen LogP contribution is -2.23. The lowest BCUT2D eigenvalue weighted by molar-refractivity contribution is 0.0951. The monoisotopic (exact) mass is 340 g/mol. The number of hydrogen-bond donors (Lipinski definition) is 1. The first-order valence-corrected chi connectivity index (χ1v) is 7.62. The molecule has 1 amide bonds. The molecule has 3 rings (SSSR count). The second kappa shape index (κ2) is 7.08. The Labute approximate surface area is 144 Å². The van der Waals surface area contributed by atoms with Crippen LogP contribution in [0.1, 0.15) is 15.9 Å². The third-order valence-corrected chi connectivity index (χ3v) is 3.67. The summed E-state index contributed by atoms with van der Waals surface area (Å²) in [7, 11) is 3.55. The summed E-state index contributed by atoms with van der Waals surface area (Å²) in [6.45, 7) is 0.235. The molecule has 0 fully saturated rings. The van der Waals surface area contributed by atoms with E-state index in [0.29, 0.717) is 22.5 Å². The minimum Gasteiger partial charge on any atom is -0.375 e. The van der Waals surface area contributed by atoms with Gasteiger partial charge < -0.3 is 10.2 Å². The summed E-state index contributed by atoms with van der Waals surface area (Å²) in [6.07, 6.45) is 1.45. The van der Waals surface area contributed by atoms with Crippen LogP contribution in [-0.2, 0) is 6.54 Å². The minimum absolute atomic E-state index is 0.235. The average molecular weight is 340 g/mol. The van der Waals surface area contributed by atoms with E-state index in [1.54, 1.807) is 55.4 Å². The molecule has 0 saturated carbocycles. The van der Waals surface area contributed by atoms with Crippen LogP contribution < -0.4 is 10.2 Å². The van der Waals surface area contributed by atoms with Crippen molar-refractivity contribution in [3.8, 4) is 5.69 Å². The molecule has 1 aromatic heterocycles. The summed E-state index contributed by atoms with van der Waals surface area (Å²) in [5, 5.41) is 13.7. The Morgan fingerprint density at radius 3 is 2.76 bits per heavy atom. The maximum Gasteiger partial charge on any atom is 0.251 e. The van der Waals surface area contributed by atoms with Gasteiger partial charge in [-0.25, -0.2) is 9.07 Å². The van der Waals surface area contributed by atoms with Crippen molar-refractivity contribution < 1.29 is 9.18 Å². The lowest BCUT2D eigenvalue weighted by Gasteiger charge is -2.14. The molecule has 0 spiro atoms. The summed E-state index contributed by atoms with van der Waals surface area (Å²) in [6, 6.07) is 11.8. The predicted molar refractivity (Wildman–Crippen MR) is 91.1 cm³/mol. The number of benzene rings is 2. The fraction of sp³-hybridized carbons (Fsp3) is 0.176. The van der Waals surface area contributed by atoms with Crippen LogP contribution in [0.4, 0.5) is 10.1 Å². The molecule has 0 aliphatic heterocycles. The lowest BCUT2D eigenvalue weighted by atomic mass is 10.1. The van der Waals surface area contributed by atoms with Crippen LogP contribution in [0.25, 0.3) is 5.69 Å². The fourth-order valence-corrected chi connectivity index (χ4v) is 2.38. The molecule has 0 unspecified atom stereocenters. The Hall–Kier alpha value is -3.29. The third kappa shape index (κ3) is 3.79. The summed E-state index contributed by atoms with van der Waals surface area (Å²) >= 11 is 0. The van der Waals surface area contributed by atoms with Gasteiger partial charge in [-0.1, -0.05) is 12.1 Å². The number of nitrogens with zero attached hydrogens (tertiary/aromatic N) is 5. The van der Waals surface area contributed by atoms with Crippen LogP contribution in [-0.4, -0.2) is 40.2 Å². The number of nitrogens with one attached hydrogen (secondary N) is 1. The number of anilines is 1. The highest BCUT2D eigenvalue weighted by atomic mass is 19.1. The number of carbonyl (C=O) groups excluding carboxylic acids is 1. The maximum absolute atomic E-state index is 14.0. The first-order valence-electron chi connectivity index (χ1n) is 7.62. The largest absolute Gasteiger partial charge is 0.375 e. The number of amides is 1. The molecule has 0 atom stereocenters. The highest BCUT2D eigenvalue weighted by Gasteiger charge is 2.09. The zero-order valence-electron chi connectivity index (χ0n) is 13.8. The summed E-state index contributed by atoms with van der Waals surface area (Å²) in [5.41, 5.74) is 2.34. The Morgan fingerprint density at radius 1 is 1.24 bits per heavy atom. The second-order valence-corrected chi connectivity index (χ2v) is 5.67. The molecule has 0 saturated heterocycles. The van der Waals surface area contributed by atoms with E-state index < -0.39 is 0 Å². The second-order valence-electron chi connectivity index (χ2n) is 5.67. The number of hydrogen-bond acceptors (Lipinski definition) is 5. The zero-order valence-corrected chi connectivity index (χ0v) is 13.8. The Bertz CT molecular complexity index is 879.